The first kappa shape index (κ1) is 16.9. The van der Waals surface area contributed by atoms with Crippen LogP contribution in [0.2, 0.25) is 0 Å². The Hall–Kier alpha value is -2.56. The Morgan fingerprint density at radius 3 is 2.50 bits per heavy atom. The summed E-state index contributed by atoms with van der Waals surface area (Å²) in [6, 6.07) is 8.27. The van der Waals surface area contributed by atoms with E-state index in [1.54, 1.807) is 0 Å². The molecule has 0 saturated heterocycles. The summed E-state index contributed by atoms with van der Waals surface area (Å²) in [4.78, 5) is 15.2. The highest BCUT2D eigenvalue weighted by Crippen LogP contribution is 2.50. The second-order valence-corrected chi connectivity index (χ2v) is 8.47. The molecule has 1 aromatic heterocycles. The molecule has 2 aromatic rings. The first-order valence-corrected chi connectivity index (χ1v) is 9.12. The van der Waals surface area contributed by atoms with Crippen LogP contribution in [-0.4, -0.2) is 30.1 Å². The predicted molar refractivity (Wildman–Crippen MR) is 105 cm³/mol. The summed E-state index contributed by atoms with van der Waals surface area (Å²) >= 11 is 0. The van der Waals surface area contributed by atoms with Gasteiger partial charge in [-0.2, -0.15) is 5.10 Å². The molecule has 26 heavy (non-hydrogen) atoms. The lowest BCUT2D eigenvalue weighted by molar-refractivity contribution is -0.118. The van der Waals surface area contributed by atoms with Crippen molar-refractivity contribution < 1.29 is 4.79 Å². The fraction of sp³-hybridized carbons (Fsp3) is 0.429. The van der Waals surface area contributed by atoms with Crippen LogP contribution in [0.5, 0.6) is 0 Å². The number of rotatable bonds is 2. The number of allylic oxidation sites excluding steroid dienone is 1. The number of benzene rings is 1. The first-order chi connectivity index (χ1) is 12.3. The molecule has 0 radical (unpaired) electrons. The van der Waals surface area contributed by atoms with Crippen LogP contribution >= 0.6 is 0 Å². The minimum absolute atomic E-state index is 0.0203. The molecule has 0 amide bonds. The van der Waals surface area contributed by atoms with Gasteiger partial charge < -0.3 is 10.2 Å². The molecule has 2 aliphatic rings. The molecule has 1 aliphatic heterocycles. The van der Waals surface area contributed by atoms with E-state index in [1.165, 1.54) is 0 Å². The number of fused-ring (bicyclic) bond motifs is 2. The van der Waals surface area contributed by atoms with Gasteiger partial charge >= 0.3 is 0 Å². The molecule has 1 unspecified atom stereocenters. The van der Waals surface area contributed by atoms with E-state index in [0.717, 1.165) is 45.9 Å². The molecule has 0 saturated carbocycles. The number of nitrogens with zero attached hydrogens (tertiary/aromatic N) is 2. The third kappa shape index (κ3) is 2.62. The molecule has 1 atom stereocenters. The molecule has 136 valence electrons. The van der Waals surface area contributed by atoms with Crippen LogP contribution in [0.3, 0.4) is 0 Å². The van der Waals surface area contributed by atoms with Gasteiger partial charge in [-0.05, 0) is 42.0 Å². The van der Waals surface area contributed by atoms with Gasteiger partial charge in [0.25, 0.3) is 0 Å². The highest BCUT2D eigenvalue weighted by Gasteiger charge is 2.41. The second-order valence-electron chi connectivity index (χ2n) is 8.47. The van der Waals surface area contributed by atoms with E-state index in [2.05, 4.69) is 58.5 Å². The number of ketones is 1. The number of nitrogens with one attached hydrogen (secondary N) is 2. The van der Waals surface area contributed by atoms with Crippen molar-refractivity contribution in [1.29, 1.82) is 0 Å². The van der Waals surface area contributed by atoms with E-state index in [4.69, 9.17) is 0 Å². The zero-order valence-corrected chi connectivity index (χ0v) is 16.1. The number of hydrogen-bond donors (Lipinski definition) is 2. The summed E-state index contributed by atoms with van der Waals surface area (Å²) in [6.45, 7) is 6.37. The van der Waals surface area contributed by atoms with Gasteiger partial charge in [0.1, 0.15) is 0 Å². The van der Waals surface area contributed by atoms with Crippen molar-refractivity contribution >= 4 is 22.9 Å². The van der Waals surface area contributed by atoms with Gasteiger partial charge in [0.15, 0.2) is 11.6 Å². The summed E-state index contributed by atoms with van der Waals surface area (Å²) in [5.74, 6) is 1.10. The molecule has 5 nitrogen and oxygen atoms in total. The van der Waals surface area contributed by atoms with Crippen LogP contribution in [0.1, 0.15) is 49.6 Å². The Labute approximate surface area is 154 Å². The fourth-order valence-corrected chi connectivity index (χ4v) is 4.22. The lowest BCUT2D eigenvalue weighted by atomic mass is 9.68. The van der Waals surface area contributed by atoms with Gasteiger partial charge in [0, 0.05) is 43.0 Å². The number of aryl methyl sites for hydroxylation is 1. The van der Waals surface area contributed by atoms with Crippen LogP contribution in [0.25, 0.3) is 5.57 Å². The zero-order valence-electron chi connectivity index (χ0n) is 16.1. The van der Waals surface area contributed by atoms with Gasteiger partial charge in [0.2, 0.25) is 0 Å². The van der Waals surface area contributed by atoms with Crippen molar-refractivity contribution in [1.82, 2.24) is 10.2 Å². The number of carbonyl (C=O) groups excluding carboxylic acids is 1. The highest BCUT2D eigenvalue weighted by atomic mass is 16.1. The number of aromatic amines is 1. The number of Topliss-reactive ketones (excluding diaryl/α,β-unsaturated/α-hetero) is 1. The van der Waals surface area contributed by atoms with E-state index in [1.807, 2.05) is 21.0 Å². The third-order valence-electron chi connectivity index (χ3n) is 5.48. The Bertz CT molecular complexity index is 903. The minimum Gasteiger partial charge on any atom is -0.378 e. The Kier molecular flexibility index (Phi) is 3.72. The summed E-state index contributed by atoms with van der Waals surface area (Å²) in [6.07, 6.45) is 1.49. The normalized spacial score (nSPS) is 21.1. The van der Waals surface area contributed by atoms with Gasteiger partial charge in [-0.1, -0.05) is 26.0 Å². The van der Waals surface area contributed by atoms with Crippen LogP contribution < -0.4 is 10.2 Å². The van der Waals surface area contributed by atoms with Crippen molar-refractivity contribution in [2.24, 2.45) is 5.41 Å². The van der Waals surface area contributed by atoms with Crippen LogP contribution in [-0.2, 0) is 4.79 Å². The Morgan fingerprint density at radius 1 is 1.15 bits per heavy atom. The van der Waals surface area contributed by atoms with Gasteiger partial charge in [-0.3, -0.25) is 9.89 Å². The van der Waals surface area contributed by atoms with E-state index in [0.29, 0.717) is 6.42 Å². The van der Waals surface area contributed by atoms with Crippen molar-refractivity contribution in [2.75, 3.05) is 24.3 Å². The Morgan fingerprint density at radius 2 is 1.85 bits per heavy atom. The number of hydrogen-bond acceptors (Lipinski definition) is 4. The van der Waals surface area contributed by atoms with Crippen LogP contribution in [0, 0.1) is 12.3 Å². The lowest BCUT2D eigenvalue weighted by Crippen LogP contribution is -2.33. The molecule has 0 bridgehead atoms. The second kappa shape index (κ2) is 5.73. The number of carbonyl (C=O) groups is 1. The molecule has 0 spiro atoms. The predicted octanol–water partition coefficient (Wildman–Crippen LogP) is 4.09. The maximum Gasteiger partial charge on any atom is 0.162 e. The molecule has 2 heterocycles. The molecule has 4 rings (SSSR count). The van der Waals surface area contributed by atoms with Crippen molar-refractivity contribution in [2.45, 2.75) is 39.7 Å². The van der Waals surface area contributed by atoms with E-state index < -0.39 is 0 Å². The standard InChI is InChI=1S/C21H26N4O/c1-12-17-15-10-21(2,3)11-16(26)18(15)19(22-20(17)24-23-12)13-6-8-14(9-7-13)25(4)5/h6-9,19H,10-11H2,1-5H3,(H2,22,23,24). The first-order valence-electron chi connectivity index (χ1n) is 9.12. The van der Waals surface area contributed by atoms with Gasteiger partial charge in [0.05, 0.1) is 6.04 Å². The summed E-state index contributed by atoms with van der Waals surface area (Å²) in [7, 11) is 4.06. The number of anilines is 2. The van der Waals surface area contributed by atoms with Crippen molar-refractivity contribution in [3.8, 4) is 0 Å². The minimum atomic E-state index is -0.139. The molecular weight excluding hydrogens is 324 g/mol. The van der Waals surface area contributed by atoms with Gasteiger partial charge in [-0.15, -0.1) is 0 Å². The van der Waals surface area contributed by atoms with Crippen LogP contribution in [0.4, 0.5) is 11.5 Å². The Balaban J connectivity index is 1.85. The van der Waals surface area contributed by atoms with E-state index in [9.17, 15) is 4.79 Å². The average molecular weight is 350 g/mol. The van der Waals surface area contributed by atoms with Crippen molar-refractivity contribution in [3.63, 3.8) is 0 Å². The molecular formula is C21H26N4O. The SMILES string of the molecule is Cc1[nH]nc2c1C1=C(C(=O)CC(C)(C)C1)C(c1ccc(N(C)C)cc1)N2. The smallest absolute Gasteiger partial charge is 0.162 e. The largest absolute Gasteiger partial charge is 0.378 e. The third-order valence-corrected chi connectivity index (χ3v) is 5.48. The average Bonchev–Trinajstić information content (AvgIpc) is 2.94. The summed E-state index contributed by atoms with van der Waals surface area (Å²) in [5.41, 5.74) is 6.41. The number of H-pyrrole nitrogens is 1. The summed E-state index contributed by atoms with van der Waals surface area (Å²) < 4.78 is 0. The zero-order chi connectivity index (χ0) is 18.6. The molecule has 1 aliphatic carbocycles. The molecule has 2 N–H and O–H groups in total. The highest BCUT2D eigenvalue weighted by molar-refractivity contribution is 6.08. The molecule has 5 heteroatoms. The quantitative estimate of drug-likeness (QED) is 0.856. The number of aromatic nitrogens is 2. The van der Waals surface area contributed by atoms with Gasteiger partial charge in [-0.25, -0.2) is 0 Å². The topological polar surface area (TPSA) is 61.0 Å². The fourth-order valence-electron chi connectivity index (χ4n) is 4.22. The molecule has 0 fully saturated rings. The maximum atomic E-state index is 13.1. The lowest BCUT2D eigenvalue weighted by Gasteiger charge is -2.38. The monoisotopic (exact) mass is 350 g/mol. The molecule has 1 aromatic carbocycles. The summed E-state index contributed by atoms with van der Waals surface area (Å²) in [5, 5.41) is 11.0. The maximum absolute atomic E-state index is 13.1. The van der Waals surface area contributed by atoms with E-state index in [-0.39, 0.29) is 17.2 Å². The van der Waals surface area contributed by atoms with Crippen LogP contribution in [0.15, 0.2) is 29.8 Å². The van der Waals surface area contributed by atoms with E-state index >= 15 is 0 Å². The van der Waals surface area contributed by atoms with Crippen molar-refractivity contribution in [3.05, 3.63) is 46.7 Å².